The predicted molar refractivity (Wildman–Crippen MR) is 72.9 cm³/mol. The lowest BCUT2D eigenvalue weighted by molar-refractivity contribution is 1.24. The Labute approximate surface area is 107 Å². The third-order valence-electron chi connectivity index (χ3n) is 2.20. The Bertz CT molecular complexity index is 540. The van der Waals surface area contributed by atoms with Crippen molar-refractivity contribution in [3.8, 4) is 0 Å². The molecule has 82 valence electrons. The number of nitrogens with zero attached hydrogens (tertiary/aromatic N) is 1. The normalized spacial score (nSPS) is 10.4. The molecule has 0 fully saturated rings. The molecule has 2 nitrogen and oxygen atoms in total. The maximum atomic E-state index is 5.72. The lowest BCUT2D eigenvalue weighted by atomic mass is 10.1. The van der Waals surface area contributed by atoms with Crippen molar-refractivity contribution in [1.29, 1.82) is 0 Å². The first-order valence-corrected chi connectivity index (χ1v) is 5.96. The minimum absolute atomic E-state index is 0.514. The number of rotatable bonds is 3. The molecule has 1 heterocycles. The van der Waals surface area contributed by atoms with Gasteiger partial charge in [0.25, 0.3) is 0 Å². The maximum Gasteiger partial charge on any atom is 0.134 e. The smallest absolute Gasteiger partial charge is 0.134 e. The van der Waals surface area contributed by atoms with Crippen LogP contribution in [0.3, 0.4) is 0 Å². The first-order chi connectivity index (χ1) is 7.68. The number of pyridine rings is 1. The van der Waals surface area contributed by atoms with Crippen LogP contribution in [0.5, 0.6) is 0 Å². The number of aromatic nitrogens is 1. The van der Waals surface area contributed by atoms with Crippen LogP contribution in [0.2, 0.25) is 0 Å². The van der Waals surface area contributed by atoms with Crippen molar-refractivity contribution in [2.24, 2.45) is 0 Å². The standard InChI is InChI=1S/C12H10BrClN2/c1-8(14)7-16-12-10-3-2-4-11(13)9(10)5-6-15-12/h2-6H,1,7H2,(H,15,16). The molecule has 0 atom stereocenters. The molecule has 2 aromatic rings. The van der Waals surface area contributed by atoms with Gasteiger partial charge in [-0.25, -0.2) is 4.98 Å². The van der Waals surface area contributed by atoms with Crippen molar-refractivity contribution in [3.05, 3.63) is 46.5 Å². The lowest BCUT2D eigenvalue weighted by Crippen LogP contribution is -2.03. The highest BCUT2D eigenvalue weighted by Gasteiger charge is 2.03. The number of anilines is 1. The van der Waals surface area contributed by atoms with E-state index in [2.05, 4.69) is 32.8 Å². The van der Waals surface area contributed by atoms with Crippen LogP contribution in [-0.4, -0.2) is 11.5 Å². The Balaban J connectivity index is 2.45. The second-order valence-electron chi connectivity index (χ2n) is 3.37. The van der Waals surface area contributed by atoms with Crippen molar-refractivity contribution in [2.75, 3.05) is 11.9 Å². The molecular weight excluding hydrogens is 288 g/mol. The second kappa shape index (κ2) is 4.85. The summed E-state index contributed by atoms with van der Waals surface area (Å²) >= 11 is 9.23. The van der Waals surface area contributed by atoms with E-state index in [1.807, 2.05) is 24.3 Å². The summed E-state index contributed by atoms with van der Waals surface area (Å²) in [6, 6.07) is 7.98. The molecule has 0 unspecified atom stereocenters. The Hall–Kier alpha value is -1.06. The third kappa shape index (κ3) is 2.36. The van der Waals surface area contributed by atoms with E-state index in [1.165, 1.54) is 0 Å². The zero-order valence-electron chi connectivity index (χ0n) is 8.50. The Morgan fingerprint density at radius 2 is 2.19 bits per heavy atom. The summed E-state index contributed by atoms with van der Waals surface area (Å²) in [4.78, 5) is 4.29. The lowest BCUT2D eigenvalue weighted by Gasteiger charge is -2.08. The average Bonchev–Trinajstić information content (AvgIpc) is 2.27. The molecule has 0 saturated carbocycles. The van der Waals surface area contributed by atoms with Gasteiger partial charge in [0, 0.05) is 26.5 Å². The quantitative estimate of drug-likeness (QED) is 0.920. The molecule has 0 aliphatic carbocycles. The van der Waals surface area contributed by atoms with Gasteiger partial charge in [-0.05, 0) is 12.1 Å². The van der Waals surface area contributed by atoms with E-state index in [-0.39, 0.29) is 0 Å². The SMILES string of the molecule is C=C(Cl)CNc1nccc2c(Br)cccc12. The fourth-order valence-electron chi connectivity index (χ4n) is 1.49. The first kappa shape index (κ1) is 11.4. The van der Waals surface area contributed by atoms with Gasteiger partial charge in [0.2, 0.25) is 0 Å². The Morgan fingerprint density at radius 3 is 2.94 bits per heavy atom. The van der Waals surface area contributed by atoms with Gasteiger partial charge >= 0.3 is 0 Å². The third-order valence-corrected chi connectivity index (χ3v) is 3.03. The number of nitrogens with one attached hydrogen (secondary N) is 1. The average molecular weight is 298 g/mol. The number of benzene rings is 1. The van der Waals surface area contributed by atoms with Crippen LogP contribution in [0.15, 0.2) is 46.5 Å². The Morgan fingerprint density at radius 1 is 1.38 bits per heavy atom. The second-order valence-corrected chi connectivity index (χ2v) is 4.75. The van der Waals surface area contributed by atoms with Crippen LogP contribution in [-0.2, 0) is 0 Å². The molecule has 0 aliphatic heterocycles. The van der Waals surface area contributed by atoms with Crippen molar-refractivity contribution < 1.29 is 0 Å². The van der Waals surface area contributed by atoms with E-state index in [4.69, 9.17) is 11.6 Å². The van der Waals surface area contributed by atoms with Crippen LogP contribution in [0.25, 0.3) is 10.8 Å². The van der Waals surface area contributed by atoms with Crippen molar-refractivity contribution in [3.63, 3.8) is 0 Å². The first-order valence-electron chi connectivity index (χ1n) is 4.79. The summed E-state index contributed by atoms with van der Waals surface area (Å²) in [7, 11) is 0. The maximum absolute atomic E-state index is 5.72. The largest absolute Gasteiger partial charge is 0.365 e. The molecule has 16 heavy (non-hydrogen) atoms. The highest BCUT2D eigenvalue weighted by atomic mass is 79.9. The fourth-order valence-corrected chi connectivity index (χ4v) is 2.05. The van der Waals surface area contributed by atoms with E-state index in [0.717, 1.165) is 21.1 Å². The predicted octanol–water partition coefficient (Wildman–Crippen LogP) is 4.16. The molecule has 4 heteroatoms. The summed E-state index contributed by atoms with van der Waals surface area (Å²) in [6.07, 6.45) is 1.77. The van der Waals surface area contributed by atoms with Crippen LogP contribution in [0, 0.1) is 0 Å². The topological polar surface area (TPSA) is 24.9 Å². The van der Waals surface area contributed by atoms with Crippen LogP contribution in [0.4, 0.5) is 5.82 Å². The van der Waals surface area contributed by atoms with Crippen molar-refractivity contribution in [2.45, 2.75) is 0 Å². The zero-order chi connectivity index (χ0) is 11.5. The van der Waals surface area contributed by atoms with E-state index >= 15 is 0 Å². The molecule has 1 N–H and O–H groups in total. The van der Waals surface area contributed by atoms with Crippen molar-refractivity contribution in [1.82, 2.24) is 4.98 Å². The summed E-state index contributed by atoms with van der Waals surface area (Å²) in [5, 5.41) is 5.90. The van der Waals surface area contributed by atoms with Crippen LogP contribution in [0.1, 0.15) is 0 Å². The van der Waals surface area contributed by atoms with Crippen molar-refractivity contribution >= 4 is 44.1 Å². The van der Waals surface area contributed by atoms with Gasteiger partial charge in [-0.1, -0.05) is 46.2 Å². The molecule has 2 rings (SSSR count). The number of halogens is 2. The van der Waals surface area contributed by atoms with Gasteiger partial charge < -0.3 is 5.32 Å². The minimum atomic E-state index is 0.514. The van der Waals surface area contributed by atoms with Crippen LogP contribution >= 0.6 is 27.5 Å². The summed E-state index contributed by atoms with van der Waals surface area (Å²) in [5.74, 6) is 0.820. The molecule has 1 aromatic heterocycles. The number of hydrogen-bond donors (Lipinski definition) is 1. The van der Waals surface area contributed by atoms with Gasteiger partial charge in [0.15, 0.2) is 0 Å². The molecule has 0 radical (unpaired) electrons. The molecule has 0 bridgehead atoms. The molecular formula is C12H10BrClN2. The molecule has 0 saturated heterocycles. The van der Waals surface area contributed by atoms with Gasteiger partial charge in [0.05, 0.1) is 6.54 Å². The van der Waals surface area contributed by atoms with Gasteiger partial charge in [-0.3, -0.25) is 0 Å². The summed E-state index contributed by atoms with van der Waals surface area (Å²) in [6.45, 7) is 4.15. The van der Waals surface area contributed by atoms with Gasteiger partial charge in [0.1, 0.15) is 5.82 Å². The van der Waals surface area contributed by atoms with Gasteiger partial charge in [-0.15, -0.1) is 0 Å². The molecule has 0 amide bonds. The van der Waals surface area contributed by atoms with E-state index in [1.54, 1.807) is 6.20 Å². The summed E-state index contributed by atoms with van der Waals surface area (Å²) in [5.41, 5.74) is 0. The van der Waals surface area contributed by atoms with E-state index in [0.29, 0.717) is 11.6 Å². The van der Waals surface area contributed by atoms with Gasteiger partial charge in [-0.2, -0.15) is 0 Å². The number of fused-ring (bicyclic) bond motifs is 1. The highest BCUT2D eigenvalue weighted by molar-refractivity contribution is 9.10. The molecule has 0 aliphatic rings. The van der Waals surface area contributed by atoms with E-state index in [9.17, 15) is 0 Å². The number of hydrogen-bond acceptors (Lipinski definition) is 2. The minimum Gasteiger partial charge on any atom is -0.365 e. The Kier molecular flexibility index (Phi) is 3.46. The molecule has 1 aromatic carbocycles. The van der Waals surface area contributed by atoms with Crippen LogP contribution < -0.4 is 5.32 Å². The molecule has 0 spiro atoms. The summed E-state index contributed by atoms with van der Waals surface area (Å²) < 4.78 is 1.06. The highest BCUT2D eigenvalue weighted by Crippen LogP contribution is 2.27. The monoisotopic (exact) mass is 296 g/mol. The van der Waals surface area contributed by atoms with E-state index < -0.39 is 0 Å². The fraction of sp³-hybridized carbons (Fsp3) is 0.0833. The zero-order valence-corrected chi connectivity index (χ0v) is 10.8.